The summed E-state index contributed by atoms with van der Waals surface area (Å²) < 4.78 is 65.8. The predicted octanol–water partition coefficient (Wildman–Crippen LogP) is 3.46. The van der Waals surface area contributed by atoms with E-state index in [2.05, 4.69) is 14.4 Å². The standard InChI is InChI=1S/C19H25F3N6O2S/c1-2-13-8-12(10-27-31(29,30)7-3-5-19(20,21)22)9-14(13)17(24)28-15-4-6-25-18(15)26-11-16(28)23/h4,6,10-14,23-25H,2-3,5,7-9H2,1H3/b23-16?,24-17?,27-10+/t12?,13-,14+/m1/s1. The van der Waals surface area contributed by atoms with Gasteiger partial charge in [0.15, 0.2) is 5.65 Å². The first-order valence-corrected chi connectivity index (χ1v) is 11.6. The van der Waals surface area contributed by atoms with E-state index in [4.69, 9.17) is 10.8 Å². The second-order valence-electron chi connectivity index (χ2n) is 7.84. The zero-order valence-corrected chi connectivity index (χ0v) is 17.8. The van der Waals surface area contributed by atoms with Crippen molar-refractivity contribution in [3.8, 4) is 0 Å². The first-order chi connectivity index (χ1) is 14.5. The van der Waals surface area contributed by atoms with Crippen LogP contribution in [-0.2, 0) is 10.0 Å². The highest BCUT2D eigenvalue weighted by Gasteiger charge is 2.36. The average molecular weight is 459 g/mol. The Morgan fingerprint density at radius 1 is 1.42 bits per heavy atom. The van der Waals surface area contributed by atoms with Gasteiger partial charge in [-0.05, 0) is 37.2 Å². The molecule has 2 aromatic rings. The Balaban J connectivity index is 1.73. The van der Waals surface area contributed by atoms with E-state index < -0.39 is 34.8 Å². The highest BCUT2D eigenvalue weighted by Crippen LogP contribution is 2.38. The number of halogens is 3. The SMILES string of the molecule is CC[C@@H]1CC(/C=N/S(=O)(=O)CCCC(F)(F)F)C[C@@H]1C(=N)n1c(=N)cnc2[nH]ccc21. The van der Waals surface area contributed by atoms with Crippen molar-refractivity contribution in [1.82, 2.24) is 14.5 Å². The molecule has 0 radical (unpaired) electrons. The fraction of sp³-hybridized carbons (Fsp3) is 0.579. The molecule has 1 unspecified atom stereocenters. The number of alkyl halides is 3. The molecule has 1 saturated carbocycles. The molecule has 2 aromatic heterocycles. The number of fused-ring (bicyclic) bond motifs is 1. The highest BCUT2D eigenvalue weighted by molar-refractivity contribution is 7.90. The average Bonchev–Trinajstić information content (AvgIpc) is 3.31. The number of H-pyrrole nitrogens is 1. The Hall–Kier alpha value is -2.50. The summed E-state index contributed by atoms with van der Waals surface area (Å²) in [4.78, 5) is 7.10. The number of sulfonamides is 1. The second-order valence-corrected chi connectivity index (χ2v) is 9.62. The minimum Gasteiger partial charge on any atom is -0.345 e. The third-order valence-electron chi connectivity index (χ3n) is 5.64. The summed E-state index contributed by atoms with van der Waals surface area (Å²) in [5.41, 5.74) is 1.27. The minimum absolute atomic E-state index is 0.0799. The molecule has 1 fully saturated rings. The van der Waals surface area contributed by atoms with Gasteiger partial charge in [-0.2, -0.15) is 17.6 Å². The van der Waals surface area contributed by atoms with Gasteiger partial charge in [0.25, 0.3) is 10.0 Å². The smallest absolute Gasteiger partial charge is 0.345 e. The van der Waals surface area contributed by atoms with Gasteiger partial charge in [-0.1, -0.05) is 13.3 Å². The van der Waals surface area contributed by atoms with Crippen LogP contribution < -0.4 is 5.49 Å². The van der Waals surface area contributed by atoms with Gasteiger partial charge in [-0.15, -0.1) is 0 Å². The zero-order chi connectivity index (χ0) is 22.8. The Morgan fingerprint density at radius 3 is 2.84 bits per heavy atom. The van der Waals surface area contributed by atoms with Crippen molar-refractivity contribution in [2.75, 3.05) is 5.75 Å². The molecule has 8 nitrogen and oxygen atoms in total. The van der Waals surface area contributed by atoms with Gasteiger partial charge < -0.3 is 4.98 Å². The summed E-state index contributed by atoms with van der Waals surface area (Å²) in [6, 6.07) is 1.75. The van der Waals surface area contributed by atoms with E-state index in [0.29, 0.717) is 24.0 Å². The monoisotopic (exact) mass is 458 g/mol. The Bertz CT molecular complexity index is 1140. The van der Waals surface area contributed by atoms with Crippen molar-refractivity contribution >= 4 is 33.2 Å². The lowest BCUT2D eigenvalue weighted by atomic mass is 9.92. The van der Waals surface area contributed by atoms with Crippen LogP contribution in [0.25, 0.3) is 11.2 Å². The van der Waals surface area contributed by atoms with Gasteiger partial charge in [0.2, 0.25) is 0 Å². The lowest BCUT2D eigenvalue weighted by Crippen LogP contribution is -2.33. The molecule has 31 heavy (non-hydrogen) atoms. The van der Waals surface area contributed by atoms with Crippen LogP contribution in [0.15, 0.2) is 22.9 Å². The lowest BCUT2D eigenvalue weighted by Gasteiger charge is -2.21. The molecule has 170 valence electrons. The number of nitrogens with one attached hydrogen (secondary N) is 3. The number of nitrogens with zero attached hydrogens (tertiary/aromatic N) is 3. The first-order valence-electron chi connectivity index (χ1n) is 10.0. The number of aromatic amines is 1. The Morgan fingerprint density at radius 2 is 2.16 bits per heavy atom. The molecule has 0 spiro atoms. The van der Waals surface area contributed by atoms with E-state index in [-0.39, 0.29) is 29.1 Å². The van der Waals surface area contributed by atoms with Gasteiger partial charge in [0, 0.05) is 24.8 Å². The molecule has 2 heterocycles. The minimum atomic E-state index is -4.39. The molecule has 1 aliphatic carbocycles. The van der Waals surface area contributed by atoms with Crippen LogP contribution in [0, 0.1) is 28.6 Å². The molecular weight excluding hydrogens is 433 g/mol. The molecule has 0 aliphatic heterocycles. The van der Waals surface area contributed by atoms with Gasteiger partial charge in [-0.25, -0.2) is 13.4 Å². The van der Waals surface area contributed by atoms with Crippen LogP contribution in [0.1, 0.15) is 39.0 Å². The highest BCUT2D eigenvalue weighted by atomic mass is 32.2. The Kier molecular flexibility index (Phi) is 6.68. The molecule has 3 N–H and O–H groups in total. The third-order valence-corrected chi connectivity index (χ3v) is 6.89. The molecule has 1 aliphatic rings. The van der Waals surface area contributed by atoms with E-state index >= 15 is 0 Å². The summed E-state index contributed by atoms with van der Waals surface area (Å²) in [5, 5.41) is 16.9. The fourth-order valence-electron chi connectivity index (χ4n) is 4.14. The number of aromatic nitrogens is 3. The molecule has 0 aromatic carbocycles. The third kappa shape index (κ3) is 5.60. The molecular formula is C19H25F3N6O2S. The van der Waals surface area contributed by atoms with Crippen LogP contribution in [0.3, 0.4) is 0 Å². The molecule has 0 saturated heterocycles. The van der Waals surface area contributed by atoms with Crippen LogP contribution in [0.2, 0.25) is 0 Å². The first kappa shape index (κ1) is 23.2. The normalized spacial score (nSPS) is 22.5. The van der Waals surface area contributed by atoms with Crippen LogP contribution in [-0.4, -0.2) is 46.9 Å². The summed E-state index contributed by atoms with van der Waals surface area (Å²) in [7, 11) is -3.97. The maximum atomic E-state index is 12.2. The van der Waals surface area contributed by atoms with E-state index in [1.54, 1.807) is 12.3 Å². The van der Waals surface area contributed by atoms with Crippen molar-refractivity contribution in [1.29, 1.82) is 10.8 Å². The molecule has 0 bridgehead atoms. The van der Waals surface area contributed by atoms with Gasteiger partial charge in [0.1, 0.15) is 11.3 Å². The van der Waals surface area contributed by atoms with E-state index in [0.717, 1.165) is 6.42 Å². The maximum absolute atomic E-state index is 12.2. The lowest BCUT2D eigenvalue weighted by molar-refractivity contribution is -0.134. The van der Waals surface area contributed by atoms with Crippen molar-refractivity contribution < 1.29 is 21.6 Å². The molecule has 12 heteroatoms. The van der Waals surface area contributed by atoms with Crippen LogP contribution in [0.5, 0.6) is 0 Å². The summed E-state index contributed by atoms with van der Waals surface area (Å²) in [5.74, 6) is -0.707. The maximum Gasteiger partial charge on any atom is 0.389 e. The Labute approximate surface area is 177 Å². The van der Waals surface area contributed by atoms with Gasteiger partial charge >= 0.3 is 6.18 Å². The van der Waals surface area contributed by atoms with Crippen molar-refractivity contribution in [2.45, 2.75) is 45.2 Å². The van der Waals surface area contributed by atoms with Crippen molar-refractivity contribution in [3.63, 3.8) is 0 Å². The van der Waals surface area contributed by atoms with E-state index in [1.165, 1.54) is 17.0 Å². The largest absolute Gasteiger partial charge is 0.389 e. The molecule has 3 rings (SSSR count). The number of hydrogen-bond acceptors (Lipinski definition) is 5. The number of rotatable bonds is 7. The number of hydrogen-bond donors (Lipinski definition) is 3. The second kappa shape index (κ2) is 8.93. The summed E-state index contributed by atoms with van der Waals surface area (Å²) in [6.45, 7) is 1.99. The quantitative estimate of drug-likeness (QED) is 0.434. The van der Waals surface area contributed by atoms with E-state index in [1.807, 2.05) is 6.92 Å². The predicted molar refractivity (Wildman–Crippen MR) is 111 cm³/mol. The van der Waals surface area contributed by atoms with Crippen molar-refractivity contribution in [3.05, 3.63) is 23.9 Å². The van der Waals surface area contributed by atoms with Crippen LogP contribution in [0.4, 0.5) is 13.2 Å². The molecule has 0 amide bonds. The summed E-state index contributed by atoms with van der Waals surface area (Å²) in [6.07, 6.45) is 0.180. The summed E-state index contributed by atoms with van der Waals surface area (Å²) >= 11 is 0. The zero-order valence-electron chi connectivity index (χ0n) is 17.0. The van der Waals surface area contributed by atoms with Crippen LogP contribution >= 0.6 is 0 Å². The van der Waals surface area contributed by atoms with Gasteiger partial charge in [-0.3, -0.25) is 15.4 Å². The molecule has 3 atom stereocenters. The van der Waals surface area contributed by atoms with Gasteiger partial charge in [0.05, 0.1) is 17.5 Å². The van der Waals surface area contributed by atoms with Crippen molar-refractivity contribution in [2.24, 2.45) is 22.2 Å². The topological polar surface area (TPSA) is 128 Å². The fourth-order valence-corrected chi connectivity index (χ4v) is 5.11. The van der Waals surface area contributed by atoms with E-state index in [9.17, 15) is 21.6 Å².